The molecular formula is C7H5AsO. The first kappa shape index (κ1) is 5.25. The predicted molar refractivity (Wildman–Crippen MR) is 38.0 cm³/mol. The second-order valence-corrected chi connectivity index (χ2v) is 3.23. The molecule has 0 saturated heterocycles. The second kappa shape index (κ2) is 2.00. The fraction of sp³-hybridized carbons (Fsp3) is 0. The Kier molecular flexibility index (Phi) is 1.17. The van der Waals surface area contributed by atoms with Gasteiger partial charge in [0.25, 0.3) is 0 Å². The number of para-hydroxylation sites is 1. The Morgan fingerprint density at radius 2 is 2.11 bits per heavy atom. The molecule has 0 fully saturated rings. The summed E-state index contributed by atoms with van der Waals surface area (Å²) in [6.45, 7) is 0. The number of rotatable bonds is 0. The first-order valence-electron chi connectivity index (χ1n) is 2.76. The molecule has 0 unspecified atom stereocenters. The summed E-state index contributed by atoms with van der Waals surface area (Å²) in [5.74, 6) is 1.05. The zero-order valence-corrected chi connectivity index (χ0v) is 6.62. The van der Waals surface area contributed by atoms with Gasteiger partial charge in [0.1, 0.15) is 0 Å². The average molecular weight is 180 g/mol. The molecule has 0 N–H and O–H groups in total. The Morgan fingerprint density at radius 3 is 3.00 bits per heavy atom. The van der Waals surface area contributed by atoms with Gasteiger partial charge in [0, 0.05) is 0 Å². The molecule has 0 bridgehead atoms. The number of benzene rings is 1. The molecule has 1 aliphatic rings. The first-order valence-corrected chi connectivity index (χ1v) is 4.61. The summed E-state index contributed by atoms with van der Waals surface area (Å²) in [7, 11) is 0. The summed E-state index contributed by atoms with van der Waals surface area (Å²) in [5.41, 5.74) is 1.26. The first-order chi connectivity index (χ1) is 4.47. The van der Waals surface area contributed by atoms with Crippen LogP contribution in [-0.4, -0.2) is 20.5 Å². The predicted octanol–water partition coefficient (Wildman–Crippen LogP) is 0.848. The third-order valence-corrected chi connectivity index (χ3v) is 2.70. The quantitative estimate of drug-likeness (QED) is 0.537. The maximum absolute atomic E-state index is 5.34. The van der Waals surface area contributed by atoms with Gasteiger partial charge >= 0.3 is 59.8 Å². The van der Waals surface area contributed by atoms with Gasteiger partial charge < -0.3 is 0 Å². The standard InChI is InChI=1S/C7H5AsO/c1-2-4-7-6(3-1)5-8-9-7/h1-5H. The molecule has 2 heteroatoms. The molecule has 0 amide bonds. The summed E-state index contributed by atoms with van der Waals surface area (Å²) >= 11 is 0.0128. The minimum atomic E-state index is 0.0128. The number of hydrogen-bond acceptors (Lipinski definition) is 1. The van der Waals surface area contributed by atoms with E-state index >= 15 is 0 Å². The van der Waals surface area contributed by atoms with Crippen molar-refractivity contribution in [2.75, 3.05) is 0 Å². The van der Waals surface area contributed by atoms with Crippen molar-refractivity contribution in [2.45, 2.75) is 0 Å². The van der Waals surface area contributed by atoms with Crippen molar-refractivity contribution in [3.63, 3.8) is 0 Å². The number of fused-ring (bicyclic) bond motifs is 1. The van der Waals surface area contributed by atoms with E-state index in [9.17, 15) is 0 Å². The summed E-state index contributed by atoms with van der Waals surface area (Å²) < 4.78 is 5.34. The molecule has 0 atom stereocenters. The Hall–Kier alpha value is -0.552. The van der Waals surface area contributed by atoms with Crippen LogP contribution in [0.15, 0.2) is 24.3 Å². The van der Waals surface area contributed by atoms with E-state index in [1.807, 2.05) is 18.2 Å². The summed E-state index contributed by atoms with van der Waals surface area (Å²) in [6.07, 6.45) is 0. The Balaban J connectivity index is 2.63. The van der Waals surface area contributed by atoms with E-state index in [0.717, 1.165) is 5.75 Å². The molecule has 0 radical (unpaired) electrons. The van der Waals surface area contributed by atoms with Crippen LogP contribution in [0.25, 0.3) is 0 Å². The third-order valence-electron chi connectivity index (χ3n) is 1.26. The van der Waals surface area contributed by atoms with Crippen LogP contribution in [-0.2, 0) is 0 Å². The molecule has 0 spiro atoms. The third kappa shape index (κ3) is 0.817. The van der Waals surface area contributed by atoms with Crippen molar-refractivity contribution >= 4 is 20.5 Å². The monoisotopic (exact) mass is 180 g/mol. The van der Waals surface area contributed by atoms with E-state index in [1.54, 1.807) is 0 Å². The normalized spacial score (nSPS) is 14.7. The maximum atomic E-state index is 5.34. The fourth-order valence-corrected chi connectivity index (χ4v) is 2.19. The molecule has 9 heavy (non-hydrogen) atoms. The molecule has 0 aromatic heterocycles. The van der Waals surface area contributed by atoms with Crippen molar-refractivity contribution in [2.24, 2.45) is 0 Å². The van der Waals surface area contributed by atoms with Crippen LogP contribution >= 0.6 is 0 Å². The van der Waals surface area contributed by atoms with Crippen LogP contribution < -0.4 is 3.73 Å². The molecule has 1 nitrogen and oxygen atoms in total. The second-order valence-electron chi connectivity index (χ2n) is 1.86. The van der Waals surface area contributed by atoms with Crippen LogP contribution in [0, 0.1) is 0 Å². The van der Waals surface area contributed by atoms with Crippen LogP contribution in [0.5, 0.6) is 5.75 Å². The van der Waals surface area contributed by atoms with Gasteiger partial charge in [0.2, 0.25) is 0 Å². The summed E-state index contributed by atoms with van der Waals surface area (Å²) in [5, 5.41) is 0. The Morgan fingerprint density at radius 1 is 1.22 bits per heavy atom. The summed E-state index contributed by atoms with van der Waals surface area (Å²) in [4.78, 5) is 2.17. The number of hydrogen-bond donors (Lipinski definition) is 0. The van der Waals surface area contributed by atoms with Gasteiger partial charge in [-0.1, -0.05) is 0 Å². The van der Waals surface area contributed by atoms with E-state index < -0.39 is 0 Å². The van der Waals surface area contributed by atoms with E-state index in [-0.39, 0.29) is 15.7 Å². The van der Waals surface area contributed by atoms with E-state index in [4.69, 9.17) is 3.73 Å². The van der Waals surface area contributed by atoms with Gasteiger partial charge in [-0.05, 0) is 0 Å². The molecule has 0 saturated carbocycles. The minimum absolute atomic E-state index is 0.0128. The molecule has 1 heterocycles. The molecule has 0 aliphatic carbocycles. The van der Waals surface area contributed by atoms with Gasteiger partial charge in [-0.15, -0.1) is 0 Å². The molecule has 44 valence electrons. The van der Waals surface area contributed by atoms with Crippen LogP contribution in [0.4, 0.5) is 0 Å². The zero-order chi connectivity index (χ0) is 6.10. The van der Waals surface area contributed by atoms with E-state index in [1.165, 1.54) is 5.56 Å². The van der Waals surface area contributed by atoms with Crippen molar-refractivity contribution in [1.29, 1.82) is 0 Å². The zero-order valence-electron chi connectivity index (χ0n) is 4.74. The Labute approximate surface area is 60.2 Å². The molecule has 1 aliphatic heterocycles. The summed E-state index contributed by atoms with van der Waals surface area (Å²) in [6, 6.07) is 8.12. The van der Waals surface area contributed by atoms with E-state index in [0.29, 0.717) is 0 Å². The van der Waals surface area contributed by atoms with Crippen molar-refractivity contribution in [3.8, 4) is 5.75 Å². The van der Waals surface area contributed by atoms with Gasteiger partial charge in [0.05, 0.1) is 0 Å². The van der Waals surface area contributed by atoms with Gasteiger partial charge in [0.15, 0.2) is 0 Å². The molecule has 2 rings (SSSR count). The average Bonchev–Trinajstić information content (AvgIpc) is 2.33. The SMILES string of the molecule is C1=[As]Oc2ccccc21. The molecular weight excluding hydrogens is 175 g/mol. The Bertz CT molecular complexity index is 255. The van der Waals surface area contributed by atoms with E-state index in [2.05, 4.69) is 10.9 Å². The van der Waals surface area contributed by atoms with Gasteiger partial charge in [-0.3, -0.25) is 0 Å². The van der Waals surface area contributed by atoms with Crippen LogP contribution in [0.1, 0.15) is 5.56 Å². The van der Waals surface area contributed by atoms with Crippen LogP contribution in [0.2, 0.25) is 0 Å². The van der Waals surface area contributed by atoms with Crippen molar-refractivity contribution < 1.29 is 3.73 Å². The topological polar surface area (TPSA) is 9.23 Å². The fourth-order valence-electron chi connectivity index (χ4n) is 0.810. The van der Waals surface area contributed by atoms with Crippen molar-refractivity contribution in [3.05, 3.63) is 29.8 Å². The van der Waals surface area contributed by atoms with Gasteiger partial charge in [-0.2, -0.15) is 0 Å². The van der Waals surface area contributed by atoms with Gasteiger partial charge in [-0.25, -0.2) is 0 Å². The van der Waals surface area contributed by atoms with Crippen molar-refractivity contribution in [1.82, 2.24) is 0 Å². The molecule has 1 aromatic rings. The van der Waals surface area contributed by atoms with Crippen LogP contribution in [0.3, 0.4) is 0 Å². The molecule has 1 aromatic carbocycles.